The van der Waals surface area contributed by atoms with Gasteiger partial charge in [0.2, 0.25) is 0 Å². The van der Waals surface area contributed by atoms with Gasteiger partial charge < -0.3 is 5.32 Å². The molecule has 34 heavy (non-hydrogen) atoms. The number of thiophene rings is 1. The number of hydrogen-bond acceptors (Lipinski definition) is 5. The summed E-state index contributed by atoms with van der Waals surface area (Å²) >= 11 is 1.73. The van der Waals surface area contributed by atoms with Gasteiger partial charge in [-0.15, -0.1) is 11.3 Å². The molecule has 1 atom stereocenters. The Morgan fingerprint density at radius 3 is 2.44 bits per heavy atom. The fraction of sp³-hybridized carbons (Fsp3) is 0.276. The summed E-state index contributed by atoms with van der Waals surface area (Å²) in [5.41, 5.74) is 7.64. The topological polar surface area (TPSA) is 50.7 Å². The summed E-state index contributed by atoms with van der Waals surface area (Å²) in [5.74, 6) is 0.930. The van der Waals surface area contributed by atoms with Crippen LogP contribution in [-0.2, 0) is 19.3 Å². The van der Waals surface area contributed by atoms with E-state index in [1.54, 1.807) is 17.7 Å². The summed E-state index contributed by atoms with van der Waals surface area (Å²) in [6, 6.07) is 21.6. The number of hydrogen-bond donors (Lipinski definition) is 1. The van der Waals surface area contributed by atoms with E-state index in [1.165, 1.54) is 40.5 Å². The van der Waals surface area contributed by atoms with Crippen molar-refractivity contribution in [1.29, 1.82) is 0 Å². The molecule has 0 spiro atoms. The van der Waals surface area contributed by atoms with Crippen LogP contribution >= 0.6 is 11.3 Å². The molecule has 2 aromatic carbocycles. The van der Waals surface area contributed by atoms with E-state index < -0.39 is 0 Å². The number of rotatable bonds is 6. The van der Waals surface area contributed by atoms with Gasteiger partial charge in [0.15, 0.2) is 0 Å². The summed E-state index contributed by atoms with van der Waals surface area (Å²) in [4.78, 5) is 15.7. The maximum Gasteiger partial charge on any atom is 0.147 e. The third-order valence-corrected chi connectivity index (χ3v) is 7.94. The first-order valence-corrected chi connectivity index (χ1v) is 13.0. The molecule has 1 aliphatic rings. The molecule has 0 radical (unpaired) electrons. The largest absolute Gasteiger partial charge is 0.366 e. The summed E-state index contributed by atoms with van der Waals surface area (Å²) < 4.78 is 1.12. The Kier molecular flexibility index (Phi) is 5.71. The van der Waals surface area contributed by atoms with Crippen LogP contribution in [0.3, 0.4) is 0 Å². The standard InChI is InChI=1S/C29H28N4S/c1-19(16-17-20-10-4-2-5-11-20)32-28-27-26(30-18-31-28)24-22-14-8-9-15-23(22)25(33-29(24)34-27)21-12-6-3-7-13-21/h2-7,10-13,18-19H,8-9,14-17H2,1H3,(H,30,31,32)/t19-/m1/s1. The minimum Gasteiger partial charge on any atom is -0.366 e. The Morgan fingerprint density at radius 1 is 0.912 bits per heavy atom. The lowest BCUT2D eigenvalue weighted by Gasteiger charge is -2.20. The van der Waals surface area contributed by atoms with E-state index in [9.17, 15) is 0 Å². The van der Waals surface area contributed by atoms with Gasteiger partial charge >= 0.3 is 0 Å². The molecule has 0 fully saturated rings. The predicted octanol–water partition coefficient (Wildman–Crippen LogP) is 7.22. The SMILES string of the molecule is C[C@H](CCc1ccccc1)Nc1ncnc2c1sc1nc(-c3ccccc3)c3c(c12)CCCC3. The van der Waals surface area contributed by atoms with Crippen molar-refractivity contribution in [2.75, 3.05) is 5.32 Å². The Labute approximate surface area is 204 Å². The molecular formula is C29H28N4S. The zero-order valence-electron chi connectivity index (χ0n) is 19.4. The summed E-state index contributed by atoms with van der Waals surface area (Å²) in [7, 11) is 0. The molecule has 5 aromatic rings. The molecule has 5 heteroatoms. The Bertz CT molecular complexity index is 1440. The normalized spacial score (nSPS) is 14.3. The third kappa shape index (κ3) is 3.94. The number of pyridine rings is 1. The second-order valence-corrected chi connectivity index (χ2v) is 10.2. The first kappa shape index (κ1) is 21.2. The number of fused-ring (bicyclic) bond motifs is 5. The van der Waals surface area contributed by atoms with E-state index >= 15 is 0 Å². The van der Waals surface area contributed by atoms with Crippen molar-refractivity contribution in [3.8, 4) is 11.3 Å². The van der Waals surface area contributed by atoms with E-state index in [2.05, 4.69) is 77.9 Å². The van der Waals surface area contributed by atoms with Crippen LogP contribution in [0, 0.1) is 0 Å². The molecule has 1 N–H and O–H groups in total. The fourth-order valence-corrected chi connectivity index (χ4v) is 6.24. The molecule has 170 valence electrons. The highest BCUT2D eigenvalue weighted by atomic mass is 32.1. The smallest absolute Gasteiger partial charge is 0.147 e. The van der Waals surface area contributed by atoms with Gasteiger partial charge in [0.05, 0.1) is 15.9 Å². The quantitative estimate of drug-likeness (QED) is 0.288. The molecule has 1 aliphatic carbocycles. The first-order valence-electron chi connectivity index (χ1n) is 12.2. The Hall–Kier alpha value is -3.31. The Morgan fingerprint density at radius 2 is 1.65 bits per heavy atom. The van der Waals surface area contributed by atoms with Crippen LogP contribution in [0.2, 0.25) is 0 Å². The van der Waals surface area contributed by atoms with Crippen LogP contribution in [0.1, 0.15) is 42.9 Å². The molecule has 0 bridgehead atoms. The number of nitrogens with zero attached hydrogens (tertiary/aromatic N) is 3. The predicted molar refractivity (Wildman–Crippen MR) is 143 cm³/mol. The van der Waals surface area contributed by atoms with E-state index in [1.807, 2.05) is 0 Å². The highest BCUT2D eigenvalue weighted by Crippen LogP contribution is 2.42. The van der Waals surface area contributed by atoms with Crippen molar-refractivity contribution < 1.29 is 0 Å². The van der Waals surface area contributed by atoms with Gasteiger partial charge in [-0.25, -0.2) is 15.0 Å². The molecule has 3 aromatic heterocycles. The van der Waals surface area contributed by atoms with Crippen LogP contribution < -0.4 is 5.32 Å². The van der Waals surface area contributed by atoms with Crippen molar-refractivity contribution in [1.82, 2.24) is 15.0 Å². The highest BCUT2D eigenvalue weighted by Gasteiger charge is 2.24. The molecule has 0 aliphatic heterocycles. The van der Waals surface area contributed by atoms with Gasteiger partial charge in [-0.1, -0.05) is 60.7 Å². The lowest BCUT2D eigenvalue weighted by molar-refractivity contribution is 0.689. The van der Waals surface area contributed by atoms with Crippen LogP contribution in [0.25, 0.3) is 31.7 Å². The molecule has 4 nitrogen and oxygen atoms in total. The van der Waals surface area contributed by atoms with Crippen molar-refractivity contribution in [2.24, 2.45) is 0 Å². The van der Waals surface area contributed by atoms with Gasteiger partial charge in [-0.3, -0.25) is 0 Å². The van der Waals surface area contributed by atoms with E-state index in [4.69, 9.17) is 9.97 Å². The van der Waals surface area contributed by atoms with E-state index in [0.717, 1.165) is 52.2 Å². The second kappa shape index (κ2) is 9.15. The van der Waals surface area contributed by atoms with Crippen molar-refractivity contribution in [2.45, 2.75) is 51.5 Å². The minimum absolute atomic E-state index is 0.310. The van der Waals surface area contributed by atoms with Gasteiger partial charge in [-0.2, -0.15) is 0 Å². The lowest BCUT2D eigenvalue weighted by atomic mass is 9.87. The van der Waals surface area contributed by atoms with Crippen LogP contribution in [0.5, 0.6) is 0 Å². The average Bonchev–Trinajstić information content (AvgIpc) is 3.28. The van der Waals surface area contributed by atoms with Crippen molar-refractivity contribution in [3.63, 3.8) is 0 Å². The van der Waals surface area contributed by atoms with E-state index in [0.29, 0.717) is 6.04 Å². The van der Waals surface area contributed by atoms with E-state index in [-0.39, 0.29) is 0 Å². The molecular weight excluding hydrogens is 436 g/mol. The maximum atomic E-state index is 5.22. The van der Waals surface area contributed by atoms with Crippen molar-refractivity contribution in [3.05, 3.63) is 83.7 Å². The zero-order chi connectivity index (χ0) is 22.9. The van der Waals surface area contributed by atoms with Crippen LogP contribution in [-0.4, -0.2) is 21.0 Å². The third-order valence-electron chi connectivity index (χ3n) is 6.86. The van der Waals surface area contributed by atoms with Gasteiger partial charge in [-0.05, 0) is 62.1 Å². The number of nitrogens with one attached hydrogen (secondary N) is 1. The molecule has 0 saturated carbocycles. The highest BCUT2D eigenvalue weighted by molar-refractivity contribution is 7.26. The zero-order valence-corrected chi connectivity index (χ0v) is 20.2. The lowest BCUT2D eigenvalue weighted by Crippen LogP contribution is -2.17. The number of benzene rings is 2. The maximum absolute atomic E-state index is 5.22. The van der Waals surface area contributed by atoms with Crippen LogP contribution in [0.15, 0.2) is 67.0 Å². The second-order valence-electron chi connectivity index (χ2n) is 9.24. The summed E-state index contributed by atoms with van der Waals surface area (Å²) in [6.45, 7) is 2.23. The first-order chi connectivity index (χ1) is 16.8. The number of aromatic nitrogens is 3. The fourth-order valence-electron chi connectivity index (χ4n) is 5.13. The molecule has 0 amide bonds. The molecule has 0 unspecified atom stereocenters. The average molecular weight is 465 g/mol. The van der Waals surface area contributed by atoms with Gasteiger partial charge in [0.25, 0.3) is 0 Å². The van der Waals surface area contributed by atoms with Crippen LogP contribution in [0.4, 0.5) is 5.82 Å². The summed E-state index contributed by atoms with van der Waals surface area (Å²) in [5, 5.41) is 4.92. The number of anilines is 1. The molecule has 6 rings (SSSR count). The van der Waals surface area contributed by atoms with Crippen molar-refractivity contribution >= 4 is 37.6 Å². The van der Waals surface area contributed by atoms with Gasteiger partial charge in [0, 0.05) is 17.0 Å². The molecule has 3 heterocycles. The number of aryl methyl sites for hydroxylation is 2. The molecule has 0 saturated heterocycles. The summed E-state index contributed by atoms with van der Waals surface area (Å²) in [6.07, 6.45) is 8.44. The monoisotopic (exact) mass is 464 g/mol. The van der Waals surface area contributed by atoms with Gasteiger partial charge in [0.1, 0.15) is 17.0 Å². The minimum atomic E-state index is 0.310. The Balaban J connectivity index is 1.40.